The smallest absolute Gasteiger partial charge is 0.327 e. The number of amides is 1. The molecule has 112 valence electrons. The van der Waals surface area contributed by atoms with Gasteiger partial charge in [0, 0.05) is 24.1 Å². The molecule has 1 unspecified atom stereocenters. The maximum Gasteiger partial charge on any atom is 0.327 e. The lowest BCUT2D eigenvalue weighted by Gasteiger charge is -2.32. The number of carboxylic acids is 1. The van der Waals surface area contributed by atoms with Crippen LogP contribution in [0.1, 0.15) is 10.4 Å². The second-order valence-corrected chi connectivity index (χ2v) is 6.27. The summed E-state index contributed by atoms with van der Waals surface area (Å²) in [6.07, 6.45) is 0. The summed E-state index contributed by atoms with van der Waals surface area (Å²) in [5, 5.41) is 20.1. The molecule has 0 radical (unpaired) electrons. The van der Waals surface area contributed by atoms with Gasteiger partial charge in [-0.1, -0.05) is 6.07 Å². The van der Waals surface area contributed by atoms with Crippen molar-refractivity contribution in [3.63, 3.8) is 0 Å². The zero-order chi connectivity index (χ0) is 15.6. The van der Waals surface area contributed by atoms with Crippen molar-refractivity contribution in [2.24, 2.45) is 0 Å². The molecule has 1 fully saturated rings. The van der Waals surface area contributed by atoms with Gasteiger partial charge in [0.1, 0.15) is 10.5 Å². The van der Waals surface area contributed by atoms with Crippen molar-refractivity contribution in [3.05, 3.63) is 38.3 Å². The molecular weight excluding hydrogens is 364 g/mol. The van der Waals surface area contributed by atoms with E-state index >= 15 is 0 Å². The molecule has 21 heavy (non-hydrogen) atoms. The van der Waals surface area contributed by atoms with Crippen LogP contribution in [-0.4, -0.2) is 50.9 Å². The van der Waals surface area contributed by atoms with E-state index in [1.54, 1.807) is 0 Å². The molecule has 1 heterocycles. The Bertz CT molecular complexity index is 609. The quantitative estimate of drug-likeness (QED) is 0.641. The number of halogens is 1. The molecule has 1 N–H and O–H groups in total. The zero-order valence-electron chi connectivity index (χ0n) is 10.7. The molecule has 9 heteroatoms. The number of nitrogens with zero attached hydrogens (tertiary/aromatic N) is 2. The fourth-order valence-corrected chi connectivity index (χ4v) is 3.65. The summed E-state index contributed by atoms with van der Waals surface area (Å²) in [7, 11) is 0. The van der Waals surface area contributed by atoms with E-state index in [-0.39, 0.29) is 15.7 Å². The van der Waals surface area contributed by atoms with Crippen LogP contribution < -0.4 is 0 Å². The van der Waals surface area contributed by atoms with Crippen molar-refractivity contribution < 1.29 is 19.6 Å². The Hall–Kier alpha value is -1.61. The summed E-state index contributed by atoms with van der Waals surface area (Å²) in [6.45, 7) is 0.301. The predicted molar refractivity (Wildman–Crippen MR) is 80.6 cm³/mol. The number of carbonyl (C=O) groups excluding carboxylic acids is 1. The van der Waals surface area contributed by atoms with Crippen molar-refractivity contribution >= 4 is 45.3 Å². The zero-order valence-corrected chi connectivity index (χ0v) is 13.1. The Morgan fingerprint density at radius 1 is 1.48 bits per heavy atom. The Kier molecular flexibility index (Phi) is 4.84. The second-order valence-electron chi connectivity index (χ2n) is 4.32. The van der Waals surface area contributed by atoms with Gasteiger partial charge in [0.25, 0.3) is 11.6 Å². The van der Waals surface area contributed by atoms with Gasteiger partial charge < -0.3 is 10.0 Å². The Morgan fingerprint density at radius 2 is 2.19 bits per heavy atom. The summed E-state index contributed by atoms with van der Waals surface area (Å²) in [5.74, 6) is -0.634. The number of carbonyl (C=O) groups is 2. The molecule has 1 aromatic rings. The van der Waals surface area contributed by atoms with Gasteiger partial charge in [-0.2, -0.15) is 11.8 Å². The van der Waals surface area contributed by atoms with E-state index in [1.165, 1.54) is 34.9 Å². The molecular formula is C12H11BrN2O5S. The van der Waals surface area contributed by atoms with Crippen LogP contribution in [0.25, 0.3) is 0 Å². The molecule has 1 amide bonds. The molecule has 1 aliphatic rings. The van der Waals surface area contributed by atoms with E-state index < -0.39 is 22.8 Å². The van der Waals surface area contributed by atoms with E-state index in [1.807, 2.05) is 0 Å². The highest BCUT2D eigenvalue weighted by Gasteiger charge is 2.34. The first-order chi connectivity index (χ1) is 9.93. The number of hydrogen-bond donors (Lipinski definition) is 1. The van der Waals surface area contributed by atoms with Crippen molar-refractivity contribution in [2.75, 3.05) is 18.1 Å². The summed E-state index contributed by atoms with van der Waals surface area (Å²) < 4.78 is 0.0716. The van der Waals surface area contributed by atoms with Crippen LogP contribution in [0.5, 0.6) is 0 Å². The minimum absolute atomic E-state index is 0.0716. The van der Waals surface area contributed by atoms with E-state index in [0.717, 1.165) is 0 Å². The topological polar surface area (TPSA) is 101 Å². The number of nitro groups is 1. The van der Waals surface area contributed by atoms with Crippen LogP contribution in [-0.2, 0) is 4.79 Å². The largest absolute Gasteiger partial charge is 0.480 e. The Balaban J connectivity index is 2.37. The second kappa shape index (κ2) is 6.44. The van der Waals surface area contributed by atoms with Gasteiger partial charge in [0.2, 0.25) is 0 Å². The lowest BCUT2D eigenvalue weighted by molar-refractivity contribution is -0.385. The third kappa shape index (κ3) is 3.18. The standard InChI is InChI=1S/C12H11BrN2O5S/c13-10-7(2-1-3-8(10)15(19)20)11(16)14-4-5-21-6-9(14)12(17)18/h1-3,9H,4-6H2,(H,17,18). The van der Waals surface area contributed by atoms with Crippen molar-refractivity contribution in [2.45, 2.75) is 6.04 Å². The highest BCUT2D eigenvalue weighted by Crippen LogP contribution is 2.30. The molecule has 7 nitrogen and oxygen atoms in total. The van der Waals surface area contributed by atoms with Crippen LogP contribution in [0.15, 0.2) is 22.7 Å². The van der Waals surface area contributed by atoms with Gasteiger partial charge in [-0.15, -0.1) is 0 Å². The first kappa shape index (κ1) is 15.8. The molecule has 1 aliphatic heterocycles. The maximum atomic E-state index is 12.5. The monoisotopic (exact) mass is 374 g/mol. The van der Waals surface area contributed by atoms with E-state index in [2.05, 4.69) is 15.9 Å². The summed E-state index contributed by atoms with van der Waals surface area (Å²) >= 11 is 4.53. The van der Waals surface area contributed by atoms with Gasteiger partial charge in [0.15, 0.2) is 0 Å². The van der Waals surface area contributed by atoms with Crippen molar-refractivity contribution in [1.82, 2.24) is 4.90 Å². The molecule has 2 rings (SSSR count). The number of benzene rings is 1. The van der Waals surface area contributed by atoms with E-state index in [9.17, 15) is 24.8 Å². The number of aliphatic carboxylic acids is 1. The predicted octanol–water partition coefficient (Wildman–Crippen LogP) is 2.00. The lowest BCUT2D eigenvalue weighted by Crippen LogP contribution is -2.50. The van der Waals surface area contributed by atoms with E-state index in [0.29, 0.717) is 18.1 Å². The number of hydrogen-bond acceptors (Lipinski definition) is 5. The normalized spacial score (nSPS) is 18.3. The minimum Gasteiger partial charge on any atom is -0.480 e. The fraction of sp³-hybridized carbons (Fsp3) is 0.333. The summed E-state index contributed by atoms with van der Waals surface area (Å²) in [4.78, 5) is 35.3. The third-order valence-electron chi connectivity index (χ3n) is 3.08. The molecule has 0 bridgehead atoms. The fourth-order valence-electron chi connectivity index (χ4n) is 2.03. The van der Waals surface area contributed by atoms with Crippen LogP contribution in [0.3, 0.4) is 0 Å². The van der Waals surface area contributed by atoms with Crippen LogP contribution in [0.2, 0.25) is 0 Å². The minimum atomic E-state index is -1.07. The van der Waals surface area contributed by atoms with Gasteiger partial charge >= 0.3 is 5.97 Å². The highest BCUT2D eigenvalue weighted by atomic mass is 79.9. The Morgan fingerprint density at radius 3 is 2.81 bits per heavy atom. The molecule has 0 aromatic heterocycles. The van der Waals surface area contributed by atoms with Crippen molar-refractivity contribution in [1.29, 1.82) is 0 Å². The van der Waals surface area contributed by atoms with Crippen LogP contribution >= 0.6 is 27.7 Å². The highest BCUT2D eigenvalue weighted by molar-refractivity contribution is 9.10. The van der Waals surface area contributed by atoms with Gasteiger partial charge in [-0.3, -0.25) is 14.9 Å². The number of thioether (sulfide) groups is 1. The summed E-state index contributed by atoms with van der Waals surface area (Å²) in [6, 6.07) is 3.22. The Labute approximate surface area is 132 Å². The average molecular weight is 375 g/mol. The number of carboxylic acid groups (broad SMARTS) is 1. The molecule has 0 aliphatic carbocycles. The average Bonchev–Trinajstić information content (AvgIpc) is 2.46. The SMILES string of the molecule is O=C(O)C1CSCCN1C(=O)c1cccc([N+](=O)[O-])c1Br. The summed E-state index contributed by atoms with van der Waals surface area (Å²) in [5.41, 5.74) is -0.124. The first-order valence-electron chi connectivity index (χ1n) is 5.98. The third-order valence-corrected chi connectivity index (χ3v) is 4.94. The first-order valence-corrected chi connectivity index (χ1v) is 7.92. The van der Waals surface area contributed by atoms with Gasteiger partial charge in [-0.25, -0.2) is 4.79 Å². The van der Waals surface area contributed by atoms with Gasteiger partial charge in [0.05, 0.1) is 10.5 Å². The molecule has 1 atom stereocenters. The molecule has 0 saturated carbocycles. The van der Waals surface area contributed by atoms with Crippen LogP contribution in [0, 0.1) is 10.1 Å². The lowest BCUT2D eigenvalue weighted by atomic mass is 10.1. The van der Waals surface area contributed by atoms with Gasteiger partial charge in [-0.05, 0) is 22.0 Å². The molecule has 1 saturated heterocycles. The maximum absolute atomic E-state index is 12.5. The molecule has 0 spiro atoms. The van der Waals surface area contributed by atoms with Crippen molar-refractivity contribution in [3.8, 4) is 0 Å². The van der Waals surface area contributed by atoms with Crippen LogP contribution in [0.4, 0.5) is 5.69 Å². The number of rotatable bonds is 3. The number of nitro benzene ring substituents is 1. The molecule has 1 aromatic carbocycles. The van der Waals surface area contributed by atoms with E-state index in [4.69, 9.17) is 0 Å².